The Morgan fingerprint density at radius 1 is 0.818 bits per heavy atom. The molecule has 0 fully saturated rings. The third-order valence-electron chi connectivity index (χ3n) is 0.908. The van der Waals surface area contributed by atoms with Crippen molar-refractivity contribution in [3.05, 3.63) is 0 Å². The van der Waals surface area contributed by atoms with Gasteiger partial charge in [0.15, 0.2) is 0 Å². The Labute approximate surface area is 75.0 Å². The van der Waals surface area contributed by atoms with Gasteiger partial charge in [0.2, 0.25) is 0 Å². The topological polar surface area (TPSA) is 27.7 Å². The molecule has 0 N–H and O–H groups in total. The molecule has 0 aliphatic carbocycles. The summed E-state index contributed by atoms with van der Waals surface area (Å²) in [5.74, 6) is 0. The highest BCUT2D eigenvalue weighted by molar-refractivity contribution is 6.36. The lowest BCUT2D eigenvalue weighted by Crippen LogP contribution is -2.27. The molecule has 66 valence electrons. The molecule has 0 aromatic carbocycles. The molecule has 0 saturated carbocycles. The van der Waals surface area contributed by atoms with Gasteiger partial charge >= 0.3 is 9.53 Å². The largest absolute Gasteiger partial charge is 0.484 e. The van der Waals surface area contributed by atoms with E-state index in [4.69, 9.17) is 13.3 Å². The first-order chi connectivity index (χ1) is 4.85. The number of hydrogen-bond acceptors (Lipinski definition) is 3. The Morgan fingerprint density at radius 3 is 1.27 bits per heavy atom. The molecule has 0 unspecified atom stereocenters. The standard InChI is InChI=1S/C6H16O3Si.Si/c1-4-7-10(8-5-2)9-6-3;/h10H,4-6H2,1-3H3;. The fraction of sp³-hybridized carbons (Fsp3) is 1.00. The SMILES string of the molecule is CCO[SiH](OCC)OCC.[Si]. The van der Waals surface area contributed by atoms with Crippen molar-refractivity contribution in [3.63, 3.8) is 0 Å². The summed E-state index contributed by atoms with van der Waals surface area (Å²) in [6, 6.07) is 0. The van der Waals surface area contributed by atoms with E-state index in [-0.39, 0.29) is 11.0 Å². The molecule has 0 heterocycles. The van der Waals surface area contributed by atoms with Crippen LogP contribution in [0.15, 0.2) is 0 Å². The van der Waals surface area contributed by atoms with Crippen LogP contribution in [0.25, 0.3) is 0 Å². The van der Waals surface area contributed by atoms with E-state index >= 15 is 0 Å². The molecule has 0 rings (SSSR count). The van der Waals surface area contributed by atoms with Crippen molar-refractivity contribution in [1.29, 1.82) is 0 Å². The Bertz CT molecular complexity index is 58.6. The van der Waals surface area contributed by atoms with Gasteiger partial charge in [0.05, 0.1) is 0 Å². The van der Waals surface area contributed by atoms with Crippen molar-refractivity contribution in [2.24, 2.45) is 0 Å². The highest BCUT2D eigenvalue weighted by Gasteiger charge is 2.11. The van der Waals surface area contributed by atoms with Crippen LogP contribution in [0.5, 0.6) is 0 Å². The molecule has 11 heavy (non-hydrogen) atoms. The number of rotatable bonds is 6. The summed E-state index contributed by atoms with van der Waals surface area (Å²) < 4.78 is 15.7. The molecule has 4 radical (unpaired) electrons. The van der Waals surface area contributed by atoms with E-state index in [0.717, 1.165) is 0 Å². The zero-order valence-electron chi connectivity index (χ0n) is 7.42. The van der Waals surface area contributed by atoms with Crippen LogP contribution in [0, 0.1) is 0 Å². The van der Waals surface area contributed by atoms with Gasteiger partial charge in [-0.3, -0.25) is 0 Å². The molecule has 3 nitrogen and oxygen atoms in total. The van der Waals surface area contributed by atoms with E-state index in [0.29, 0.717) is 19.8 Å². The van der Waals surface area contributed by atoms with Gasteiger partial charge in [-0.05, 0) is 20.8 Å². The van der Waals surface area contributed by atoms with Crippen LogP contribution in [0.1, 0.15) is 20.8 Å². The minimum atomic E-state index is -1.73. The summed E-state index contributed by atoms with van der Waals surface area (Å²) in [5.41, 5.74) is 0. The third-order valence-corrected chi connectivity index (χ3v) is 2.72. The maximum Gasteiger partial charge on any atom is 0.484 e. The lowest BCUT2D eigenvalue weighted by atomic mass is 10.9. The lowest BCUT2D eigenvalue weighted by molar-refractivity contribution is 0.107. The van der Waals surface area contributed by atoms with E-state index in [1.807, 2.05) is 20.8 Å². The van der Waals surface area contributed by atoms with Gasteiger partial charge in [-0.1, -0.05) is 0 Å². The summed E-state index contributed by atoms with van der Waals surface area (Å²) in [4.78, 5) is 0. The van der Waals surface area contributed by atoms with E-state index < -0.39 is 9.53 Å². The molecule has 0 saturated heterocycles. The summed E-state index contributed by atoms with van der Waals surface area (Å²) >= 11 is 0. The molecule has 0 aliphatic rings. The lowest BCUT2D eigenvalue weighted by Gasteiger charge is -2.12. The molecule has 0 amide bonds. The van der Waals surface area contributed by atoms with Gasteiger partial charge in [-0.2, -0.15) is 0 Å². The monoisotopic (exact) mass is 192 g/mol. The molecule has 0 atom stereocenters. The van der Waals surface area contributed by atoms with E-state index in [2.05, 4.69) is 0 Å². The first-order valence-corrected chi connectivity index (χ1v) is 5.11. The minimum Gasteiger partial charge on any atom is -0.376 e. The van der Waals surface area contributed by atoms with Crippen molar-refractivity contribution >= 4 is 20.5 Å². The Balaban J connectivity index is 0. The Hall–Kier alpha value is 0.314. The fourth-order valence-corrected chi connectivity index (χ4v) is 1.66. The highest BCUT2D eigenvalue weighted by atomic mass is 28.3. The van der Waals surface area contributed by atoms with E-state index in [1.165, 1.54) is 0 Å². The molecule has 5 heteroatoms. The number of hydrogen-bond donors (Lipinski definition) is 0. The second-order valence-electron chi connectivity index (χ2n) is 1.65. The zero-order valence-corrected chi connectivity index (χ0v) is 9.58. The van der Waals surface area contributed by atoms with Crippen LogP contribution in [0.4, 0.5) is 0 Å². The smallest absolute Gasteiger partial charge is 0.376 e. The first kappa shape index (κ1) is 13.9. The maximum atomic E-state index is 5.22. The first-order valence-electron chi connectivity index (χ1n) is 3.69. The molecule has 0 spiro atoms. The van der Waals surface area contributed by atoms with Crippen LogP contribution in [-0.2, 0) is 13.3 Å². The third kappa shape index (κ3) is 8.22. The van der Waals surface area contributed by atoms with Crippen molar-refractivity contribution in [3.8, 4) is 0 Å². The van der Waals surface area contributed by atoms with Gasteiger partial charge in [0.25, 0.3) is 0 Å². The Kier molecular flexibility index (Phi) is 13.0. The fourth-order valence-electron chi connectivity index (χ4n) is 0.553. The normalized spacial score (nSPS) is 9.82. The molecule has 0 bridgehead atoms. The molecule has 0 aromatic rings. The van der Waals surface area contributed by atoms with E-state index in [9.17, 15) is 0 Å². The average molecular weight is 192 g/mol. The van der Waals surface area contributed by atoms with Crippen LogP contribution in [0.2, 0.25) is 0 Å². The van der Waals surface area contributed by atoms with Gasteiger partial charge < -0.3 is 13.3 Å². The molecule has 0 aliphatic heterocycles. The minimum absolute atomic E-state index is 0. The summed E-state index contributed by atoms with van der Waals surface area (Å²) in [6.07, 6.45) is 0. The average Bonchev–Trinajstić information content (AvgIpc) is 1.90. The summed E-state index contributed by atoms with van der Waals surface area (Å²) in [5, 5.41) is 0. The van der Waals surface area contributed by atoms with Gasteiger partial charge in [-0.25, -0.2) is 0 Å². The van der Waals surface area contributed by atoms with Crippen molar-refractivity contribution in [2.75, 3.05) is 19.8 Å². The van der Waals surface area contributed by atoms with Crippen molar-refractivity contribution in [1.82, 2.24) is 0 Å². The Morgan fingerprint density at radius 2 is 1.09 bits per heavy atom. The predicted molar refractivity (Wildman–Crippen MR) is 47.8 cm³/mol. The molecular weight excluding hydrogens is 176 g/mol. The maximum absolute atomic E-state index is 5.22. The van der Waals surface area contributed by atoms with Crippen LogP contribution >= 0.6 is 0 Å². The summed E-state index contributed by atoms with van der Waals surface area (Å²) in [7, 11) is -1.73. The van der Waals surface area contributed by atoms with E-state index in [1.54, 1.807) is 0 Å². The second-order valence-corrected chi connectivity index (χ2v) is 3.23. The van der Waals surface area contributed by atoms with Gasteiger partial charge in [-0.15, -0.1) is 0 Å². The summed E-state index contributed by atoms with van der Waals surface area (Å²) in [6.45, 7) is 7.86. The second kappa shape index (κ2) is 10.3. The van der Waals surface area contributed by atoms with Crippen molar-refractivity contribution in [2.45, 2.75) is 20.8 Å². The molecule has 0 aromatic heterocycles. The molecular formula is C6H16O3Si2. The highest BCUT2D eigenvalue weighted by Crippen LogP contribution is 1.90. The van der Waals surface area contributed by atoms with Crippen LogP contribution in [-0.4, -0.2) is 40.3 Å². The van der Waals surface area contributed by atoms with Gasteiger partial charge in [0.1, 0.15) is 0 Å². The van der Waals surface area contributed by atoms with Crippen LogP contribution in [0.3, 0.4) is 0 Å². The zero-order chi connectivity index (χ0) is 7.82. The predicted octanol–water partition coefficient (Wildman–Crippen LogP) is 0.432. The van der Waals surface area contributed by atoms with Gasteiger partial charge in [0, 0.05) is 30.8 Å². The quantitative estimate of drug-likeness (QED) is 0.571. The van der Waals surface area contributed by atoms with Crippen molar-refractivity contribution < 1.29 is 13.3 Å². The van der Waals surface area contributed by atoms with Crippen LogP contribution < -0.4 is 0 Å².